The lowest BCUT2D eigenvalue weighted by Gasteiger charge is -1.74. The summed E-state index contributed by atoms with van der Waals surface area (Å²) in [6.07, 6.45) is 7.31. The molecule has 40 valence electrons. The van der Waals surface area contributed by atoms with E-state index in [0.29, 0.717) is 0 Å². The van der Waals surface area contributed by atoms with E-state index in [9.17, 15) is 0 Å². The SMILES string of the molecule is CC/C=C\CC=N. The van der Waals surface area contributed by atoms with Crippen molar-refractivity contribution < 1.29 is 0 Å². The first-order valence-electron chi connectivity index (χ1n) is 2.55. The largest absolute Gasteiger partial charge is 0.313 e. The van der Waals surface area contributed by atoms with Crippen molar-refractivity contribution in [3.05, 3.63) is 12.2 Å². The second-order valence-electron chi connectivity index (χ2n) is 1.32. The van der Waals surface area contributed by atoms with Crippen molar-refractivity contribution in [2.24, 2.45) is 0 Å². The van der Waals surface area contributed by atoms with Gasteiger partial charge in [-0.25, -0.2) is 0 Å². The van der Waals surface area contributed by atoms with Crippen LogP contribution in [0.25, 0.3) is 0 Å². The van der Waals surface area contributed by atoms with Gasteiger partial charge in [0.15, 0.2) is 0 Å². The van der Waals surface area contributed by atoms with Gasteiger partial charge in [0, 0.05) is 0 Å². The third kappa shape index (κ3) is 5.41. The molecule has 0 aromatic heterocycles. The van der Waals surface area contributed by atoms with E-state index in [1.165, 1.54) is 6.21 Å². The third-order valence-corrected chi connectivity index (χ3v) is 0.656. The Morgan fingerprint density at radius 3 is 2.57 bits per heavy atom. The molecular formula is C6H11N. The molecule has 1 nitrogen and oxygen atoms in total. The molecule has 0 fully saturated rings. The number of hydrogen-bond donors (Lipinski definition) is 1. The summed E-state index contributed by atoms with van der Waals surface area (Å²) < 4.78 is 0. The van der Waals surface area contributed by atoms with Gasteiger partial charge in [0.1, 0.15) is 0 Å². The number of allylic oxidation sites excluding steroid dienone is 2. The van der Waals surface area contributed by atoms with E-state index in [2.05, 4.69) is 13.0 Å². The van der Waals surface area contributed by atoms with Crippen LogP contribution in [-0.2, 0) is 0 Å². The van der Waals surface area contributed by atoms with E-state index in [1.807, 2.05) is 6.08 Å². The Bertz CT molecular complexity index is 64.6. The number of nitrogens with one attached hydrogen (secondary N) is 1. The molecule has 0 aromatic rings. The van der Waals surface area contributed by atoms with Crippen molar-refractivity contribution in [3.63, 3.8) is 0 Å². The number of hydrogen-bond acceptors (Lipinski definition) is 1. The quantitative estimate of drug-likeness (QED) is 0.411. The summed E-state index contributed by atoms with van der Waals surface area (Å²) in [5, 5.41) is 6.60. The Hall–Kier alpha value is -0.590. The average molecular weight is 97.2 g/mol. The zero-order chi connectivity index (χ0) is 5.54. The molecule has 0 radical (unpaired) electrons. The molecule has 0 bridgehead atoms. The Morgan fingerprint density at radius 1 is 1.43 bits per heavy atom. The standard InChI is InChI=1S/C6H11N/c1-2-3-4-5-6-7/h3-4,6-7H,2,5H2,1H3/b4-3-,7-6?. The molecule has 0 heterocycles. The van der Waals surface area contributed by atoms with Gasteiger partial charge >= 0.3 is 0 Å². The van der Waals surface area contributed by atoms with Crippen LogP contribution in [0.4, 0.5) is 0 Å². The Morgan fingerprint density at radius 2 is 2.14 bits per heavy atom. The Labute approximate surface area is 44.6 Å². The summed E-state index contributed by atoms with van der Waals surface area (Å²) in [6, 6.07) is 0. The minimum absolute atomic E-state index is 0.786. The predicted octanol–water partition coefficient (Wildman–Crippen LogP) is 1.99. The second kappa shape index (κ2) is 5.41. The molecular weight excluding hydrogens is 86.1 g/mol. The first kappa shape index (κ1) is 6.41. The predicted molar refractivity (Wildman–Crippen MR) is 32.8 cm³/mol. The van der Waals surface area contributed by atoms with Gasteiger partial charge in [-0.2, -0.15) is 0 Å². The van der Waals surface area contributed by atoms with Crippen LogP contribution in [0.15, 0.2) is 12.2 Å². The second-order valence-corrected chi connectivity index (χ2v) is 1.32. The van der Waals surface area contributed by atoms with E-state index in [4.69, 9.17) is 5.41 Å². The molecule has 0 spiro atoms. The molecule has 1 heteroatoms. The summed E-state index contributed by atoms with van der Waals surface area (Å²) in [5.41, 5.74) is 0. The number of rotatable bonds is 3. The van der Waals surface area contributed by atoms with Gasteiger partial charge in [0.05, 0.1) is 0 Å². The van der Waals surface area contributed by atoms with Crippen molar-refractivity contribution >= 4 is 6.21 Å². The van der Waals surface area contributed by atoms with E-state index >= 15 is 0 Å². The van der Waals surface area contributed by atoms with Gasteiger partial charge in [0.2, 0.25) is 0 Å². The van der Waals surface area contributed by atoms with E-state index in [1.54, 1.807) is 0 Å². The zero-order valence-electron chi connectivity index (χ0n) is 4.65. The molecule has 0 atom stereocenters. The molecule has 0 amide bonds. The third-order valence-electron chi connectivity index (χ3n) is 0.656. The van der Waals surface area contributed by atoms with E-state index < -0.39 is 0 Å². The fraction of sp³-hybridized carbons (Fsp3) is 0.500. The smallest absolute Gasteiger partial charge is 0.0000187 e. The Kier molecular flexibility index (Phi) is 4.95. The molecule has 7 heavy (non-hydrogen) atoms. The topological polar surface area (TPSA) is 23.9 Å². The van der Waals surface area contributed by atoms with Crippen LogP contribution in [-0.4, -0.2) is 6.21 Å². The van der Waals surface area contributed by atoms with Crippen molar-refractivity contribution in [1.29, 1.82) is 5.41 Å². The van der Waals surface area contributed by atoms with Gasteiger partial charge in [-0.15, -0.1) is 0 Å². The average Bonchev–Trinajstić information content (AvgIpc) is 1.69. The lowest BCUT2D eigenvalue weighted by atomic mass is 10.3. The molecule has 0 rings (SSSR count). The monoisotopic (exact) mass is 97.1 g/mol. The van der Waals surface area contributed by atoms with E-state index in [0.717, 1.165) is 12.8 Å². The van der Waals surface area contributed by atoms with Crippen LogP contribution in [0.3, 0.4) is 0 Å². The summed E-state index contributed by atoms with van der Waals surface area (Å²) in [4.78, 5) is 0. The van der Waals surface area contributed by atoms with Crippen molar-refractivity contribution in [2.45, 2.75) is 19.8 Å². The van der Waals surface area contributed by atoms with Crippen LogP contribution < -0.4 is 0 Å². The molecule has 0 aliphatic carbocycles. The molecule has 0 aliphatic heterocycles. The van der Waals surface area contributed by atoms with Crippen LogP contribution >= 0.6 is 0 Å². The van der Waals surface area contributed by atoms with E-state index in [-0.39, 0.29) is 0 Å². The van der Waals surface area contributed by atoms with Gasteiger partial charge in [-0.1, -0.05) is 19.1 Å². The molecule has 0 saturated carbocycles. The van der Waals surface area contributed by atoms with Crippen molar-refractivity contribution in [3.8, 4) is 0 Å². The van der Waals surface area contributed by atoms with Gasteiger partial charge in [0.25, 0.3) is 0 Å². The van der Waals surface area contributed by atoms with Gasteiger partial charge < -0.3 is 5.41 Å². The fourth-order valence-corrected chi connectivity index (χ4v) is 0.331. The highest BCUT2D eigenvalue weighted by atomic mass is 14.3. The summed E-state index contributed by atoms with van der Waals surface area (Å²) in [6.45, 7) is 2.08. The molecule has 1 N–H and O–H groups in total. The first-order chi connectivity index (χ1) is 3.41. The van der Waals surface area contributed by atoms with Crippen LogP contribution in [0.2, 0.25) is 0 Å². The maximum absolute atomic E-state index is 6.60. The fourth-order valence-electron chi connectivity index (χ4n) is 0.331. The lowest BCUT2D eigenvalue weighted by Crippen LogP contribution is -1.62. The molecule has 0 unspecified atom stereocenters. The maximum Gasteiger partial charge on any atom is -0.0000187 e. The van der Waals surface area contributed by atoms with Crippen LogP contribution in [0.1, 0.15) is 19.8 Å². The summed E-state index contributed by atoms with van der Waals surface area (Å²) >= 11 is 0. The highest BCUT2D eigenvalue weighted by Gasteiger charge is 1.64. The van der Waals surface area contributed by atoms with Crippen molar-refractivity contribution in [1.82, 2.24) is 0 Å². The zero-order valence-corrected chi connectivity index (χ0v) is 4.65. The highest BCUT2D eigenvalue weighted by Crippen LogP contribution is 1.80. The summed E-state index contributed by atoms with van der Waals surface area (Å²) in [7, 11) is 0. The molecule has 0 aromatic carbocycles. The Balaban J connectivity index is 2.92. The van der Waals surface area contributed by atoms with Gasteiger partial charge in [-0.3, -0.25) is 0 Å². The maximum atomic E-state index is 6.60. The minimum Gasteiger partial charge on any atom is -0.313 e. The minimum atomic E-state index is 0.786. The first-order valence-corrected chi connectivity index (χ1v) is 2.55. The highest BCUT2D eigenvalue weighted by molar-refractivity contribution is 5.55. The summed E-state index contributed by atoms with van der Waals surface area (Å²) in [5.74, 6) is 0. The van der Waals surface area contributed by atoms with Crippen LogP contribution in [0.5, 0.6) is 0 Å². The lowest BCUT2D eigenvalue weighted by molar-refractivity contribution is 1.21. The van der Waals surface area contributed by atoms with Gasteiger partial charge in [-0.05, 0) is 19.1 Å². The molecule has 0 aliphatic rings. The molecule has 0 saturated heterocycles. The van der Waals surface area contributed by atoms with Crippen LogP contribution in [0, 0.1) is 5.41 Å². The van der Waals surface area contributed by atoms with Crippen molar-refractivity contribution in [2.75, 3.05) is 0 Å². The normalized spacial score (nSPS) is 9.86.